The summed E-state index contributed by atoms with van der Waals surface area (Å²) < 4.78 is 44.1. The molecule has 0 radical (unpaired) electrons. The topological polar surface area (TPSA) is 120 Å². The van der Waals surface area contributed by atoms with Crippen molar-refractivity contribution in [3.8, 4) is 17.2 Å². The normalized spacial score (nSPS) is 17.9. The van der Waals surface area contributed by atoms with Crippen LogP contribution in [-0.4, -0.2) is 51.3 Å². The summed E-state index contributed by atoms with van der Waals surface area (Å²) >= 11 is 0. The van der Waals surface area contributed by atoms with Crippen molar-refractivity contribution in [3.05, 3.63) is 80.6 Å². The largest absolute Gasteiger partial charge is 0.326 e. The zero-order chi connectivity index (χ0) is 31.3. The number of likely N-dealkylation sites (tertiary alicyclic amines) is 1. The van der Waals surface area contributed by atoms with Gasteiger partial charge in [0.25, 0.3) is 23.3 Å². The molecule has 3 aromatic rings. The summed E-state index contributed by atoms with van der Waals surface area (Å²) in [5.74, 6) is -4.73. The van der Waals surface area contributed by atoms with Crippen molar-refractivity contribution in [1.82, 2.24) is 19.8 Å². The van der Waals surface area contributed by atoms with E-state index in [1.54, 1.807) is 25.4 Å². The highest BCUT2D eigenvalue weighted by Crippen LogP contribution is 2.42. The van der Waals surface area contributed by atoms with Crippen LogP contribution >= 0.6 is 0 Å². The quantitative estimate of drug-likeness (QED) is 0.370. The van der Waals surface area contributed by atoms with E-state index in [0.717, 1.165) is 29.4 Å². The number of anilines is 1. The van der Waals surface area contributed by atoms with Crippen molar-refractivity contribution >= 4 is 17.6 Å². The van der Waals surface area contributed by atoms with E-state index < -0.39 is 42.2 Å². The number of carbonyl (C=O) groups is 2. The summed E-state index contributed by atoms with van der Waals surface area (Å²) in [6.45, 7) is 0.969. The number of nitrogens with zero attached hydrogens (tertiary/aromatic N) is 4. The Labute approximate surface area is 251 Å². The first-order valence-electron chi connectivity index (χ1n) is 14.6. The minimum absolute atomic E-state index is 0.0416. The average Bonchev–Trinajstić information content (AvgIpc) is 3.88. The van der Waals surface area contributed by atoms with Gasteiger partial charge < -0.3 is 20.1 Å². The summed E-state index contributed by atoms with van der Waals surface area (Å²) in [7, 11) is 1.57. The third kappa shape index (κ3) is 6.10. The first-order valence-corrected chi connectivity index (χ1v) is 14.6. The molecule has 1 aromatic carbocycles. The Morgan fingerprint density at radius 3 is 2.48 bits per heavy atom. The molecule has 2 aromatic heterocycles. The molecule has 1 atom stereocenters. The van der Waals surface area contributed by atoms with E-state index in [2.05, 4.69) is 22.5 Å². The van der Waals surface area contributed by atoms with Crippen molar-refractivity contribution in [2.24, 2.45) is 13.0 Å². The Morgan fingerprint density at radius 2 is 1.84 bits per heavy atom. The van der Waals surface area contributed by atoms with Crippen LogP contribution in [0.4, 0.5) is 19.0 Å². The van der Waals surface area contributed by atoms with Gasteiger partial charge in [0.2, 0.25) is 0 Å². The molecular weight excluding hydrogens is 573 g/mol. The number of carbonyl (C=O) groups excluding carboxylic acids is 2. The van der Waals surface area contributed by atoms with Gasteiger partial charge in [0, 0.05) is 43.0 Å². The number of aryl methyl sites for hydroxylation is 1. The number of nitrogens with one attached hydrogen (secondary N) is 2. The third-order valence-corrected chi connectivity index (χ3v) is 8.39. The van der Waals surface area contributed by atoms with E-state index in [0.29, 0.717) is 24.2 Å². The monoisotopic (exact) mass is 604 g/mol. The Morgan fingerprint density at radius 1 is 1.11 bits per heavy atom. The number of rotatable bonds is 9. The molecule has 0 bridgehead atoms. The van der Waals surface area contributed by atoms with Gasteiger partial charge in [0.15, 0.2) is 0 Å². The number of benzene rings is 1. The highest BCUT2D eigenvalue weighted by atomic mass is 19.3. The van der Waals surface area contributed by atoms with Crippen LogP contribution in [0.2, 0.25) is 0 Å². The Balaban J connectivity index is 1.34. The maximum absolute atomic E-state index is 15.6. The molecule has 3 aliphatic rings. The SMILES string of the molecule is C[C@H](NCc1cc(C(=O)Nc2cc(-c3c(F)cc(C#N)cc3C(=O)N3CC(F)(F)C3)cc(C3CC3)n2)c(=O)n(C)c1)C1CC1. The predicted octanol–water partition coefficient (Wildman–Crippen LogP) is 4.57. The van der Waals surface area contributed by atoms with E-state index in [1.165, 1.54) is 35.6 Å². The van der Waals surface area contributed by atoms with Crippen LogP contribution in [0.5, 0.6) is 0 Å². The van der Waals surface area contributed by atoms with E-state index in [9.17, 15) is 28.4 Å². The van der Waals surface area contributed by atoms with Gasteiger partial charge in [-0.1, -0.05) is 0 Å². The molecule has 2 saturated carbocycles. The first kappa shape index (κ1) is 29.6. The van der Waals surface area contributed by atoms with Gasteiger partial charge in [-0.05, 0) is 80.0 Å². The standard InChI is InChI=1S/C32H31F3N6O3/c1-17(20-3-4-20)37-13-19-8-24(30(43)40(2)14-19)29(42)39-27-11-22(10-26(38-27)21-5-6-21)28-23(7-18(12-36)9-25(28)33)31(44)41-15-32(34,35)16-41/h7-11,14,17,20-21,37H,3-6,13,15-16H2,1-2H3,(H,38,39,42)/t17-/m0/s1. The summed E-state index contributed by atoms with van der Waals surface area (Å²) in [5.41, 5.74) is 0.343. The number of alkyl halides is 2. The number of nitriles is 1. The molecule has 0 unspecified atom stereocenters. The molecule has 2 aliphatic carbocycles. The van der Waals surface area contributed by atoms with Gasteiger partial charge in [-0.25, -0.2) is 18.2 Å². The van der Waals surface area contributed by atoms with E-state index in [1.807, 2.05) is 0 Å². The van der Waals surface area contributed by atoms with Gasteiger partial charge in [0.05, 0.1) is 30.3 Å². The molecule has 6 rings (SSSR count). The number of aromatic nitrogens is 2. The molecule has 3 heterocycles. The smallest absolute Gasteiger partial charge is 0.282 e. The molecular formula is C32H31F3N6O3. The molecule has 1 saturated heterocycles. The maximum atomic E-state index is 15.6. The molecule has 2 amide bonds. The molecule has 1 aliphatic heterocycles. The summed E-state index contributed by atoms with van der Waals surface area (Å²) in [6, 6.07) is 8.79. The lowest BCUT2D eigenvalue weighted by atomic mass is 9.94. The highest BCUT2D eigenvalue weighted by molar-refractivity contribution is 6.05. The second-order valence-electron chi connectivity index (χ2n) is 12.1. The number of hydrogen-bond acceptors (Lipinski definition) is 6. The fourth-order valence-corrected chi connectivity index (χ4v) is 5.57. The van der Waals surface area contributed by atoms with Crippen molar-refractivity contribution < 1.29 is 22.8 Å². The molecule has 228 valence electrons. The van der Waals surface area contributed by atoms with Crippen LogP contribution in [-0.2, 0) is 13.6 Å². The van der Waals surface area contributed by atoms with Crippen LogP contribution in [0.25, 0.3) is 11.1 Å². The predicted molar refractivity (Wildman–Crippen MR) is 156 cm³/mol. The first-order chi connectivity index (χ1) is 20.9. The molecule has 0 spiro atoms. The molecule has 12 heteroatoms. The van der Waals surface area contributed by atoms with Crippen molar-refractivity contribution in [2.75, 3.05) is 18.4 Å². The second-order valence-corrected chi connectivity index (χ2v) is 12.1. The average molecular weight is 605 g/mol. The minimum Gasteiger partial charge on any atom is -0.326 e. The zero-order valence-electron chi connectivity index (χ0n) is 24.3. The van der Waals surface area contributed by atoms with Crippen molar-refractivity contribution in [1.29, 1.82) is 5.26 Å². The third-order valence-electron chi connectivity index (χ3n) is 8.39. The van der Waals surface area contributed by atoms with Crippen LogP contribution in [0.15, 0.2) is 41.3 Å². The zero-order valence-corrected chi connectivity index (χ0v) is 24.3. The molecule has 3 fully saturated rings. The maximum Gasteiger partial charge on any atom is 0.282 e. The number of amides is 2. The van der Waals surface area contributed by atoms with Crippen LogP contribution in [0, 0.1) is 23.1 Å². The van der Waals surface area contributed by atoms with Crippen LogP contribution in [0.1, 0.15) is 76.1 Å². The fourth-order valence-electron chi connectivity index (χ4n) is 5.57. The van der Waals surface area contributed by atoms with Gasteiger partial charge in [0.1, 0.15) is 17.2 Å². The Kier molecular flexibility index (Phi) is 7.53. The molecule has 9 nitrogen and oxygen atoms in total. The van der Waals surface area contributed by atoms with Crippen LogP contribution < -0.4 is 16.2 Å². The lowest BCUT2D eigenvalue weighted by Gasteiger charge is -2.39. The lowest BCUT2D eigenvalue weighted by molar-refractivity contribution is -0.113. The van der Waals surface area contributed by atoms with E-state index in [4.69, 9.17) is 0 Å². The highest BCUT2D eigenvalue weighted by Gasteiger charge is 2.47. The number of hydrogen-bond donors (Lipinski definition) is 2. The van der Waals surface area contributed by atoms with Crippen molar-refractivity contribution in [2.45, 2.75) is 57.0 Å². The number of halogens is 3. The minimum atomic E-state index is -3.03. The van der Waals surface area contributed by atoms with E-state index in [-0.39, 0.29) is 39.6 Å². The Bertz CT molecular complexity index is 1770. The van der Waals surface area contributed by atoms with Gasteiger partial charge in [-0.2, -0.15) is 5.26 Å². The summed E-state index contributed by atoms with van der Waals surface area (Å²) in [5, 5.41) is 15.5. The van der Waals surface area contributed by atoms with Crippen molar-refractivity contribution in [3.63, 3.8) is 0 Å². The summed E-state index contributed by atoms with van der Waals surface area (Å²) in [6.07, 6.45) is 5.68. The fraction of sp³-hybridized carbons (Fsp3) is 0.406. The van der Waals surface area contributed by atoms with Gasteiger partial charge >= 0.3 is 0 Å². The van der Waals surface area contributed by atoms with Gasteiger partial charge in [-0.3, -0.25) is 14.4 Å². The molecule has 44 heavy (non-hydrogen) atoms. The van der Waals surface area contributed by atoms with E-state index >= 15 is 4.39 Å². The lowest BCUT2D eigenvalue weighted by Crippen LogP contribution is -2.58. The van der Waals surface area contributed by atoms with Gasteiger partial charge in [-0.15, -0.1) is 0 Å². The number of pyridine rings is 2. The summed E-state index contributed by atoms with van der Waals surface area (Å²) in [4.78, 5) is 45.1. The Hall–Kier alpha value is -4.50. The van der Waals surface area contributed by atoms with Crippen LogP contribution in [0.3, 0.4) is 0 Å². The second kappa shape index (κ2) is 11.2. The molecule has 2 N–H and O–H groups in total.